The van der Waals surface area contributed by atoms with Crippen LogP contribution >= 0.6 is 0 Å². The smallest absolute Gasteiger partial charge is 0.301 e. The minimum absolute atomic E-state index is 0.0113. The zero-order valence-corrected chi connectivity index (χ0v) is 33.0. The van der Waals surface area contributed by atoms with Gasteiger partial charge >= 0.3 is 11.4 Å². The number of hydrogen-bond acceptors (Lipinski definition) is 12. The number of aromatic hydroxyl groups is 1. The fourth-order valence-electron chi connectivity index (χ4n) is 9.71. The molecule has 16 nitrogen and oxygen atoms in total. The summed E-state index contributed by atoms with van der Waals surface area (Å²) in [6.45, 7) is 1.91. The Morgan fingerprint density at radius 2 is 1.55 bits per heavy atom. The number of carbonyl (C=O) groups is 4. The summed E-state index contributed by atoms with van der Waals surface area (Å²) in [5.41, 5.74) is 2.90. The van der Waals surface area contributed by atoms with Gasteiger partial charge < -0.3 is 14.7 Å². The summed E-state index contributed by atoms with van der Waals surface area (Å²) in [6, 6.07) is 22.9. The molecular weight excluding hydrogens is 773 g/mol. The highest BCUT2D eigenvalue weighted by Gasteiger charge is 2.69. The van der Waals surface area contributed by atoms with E-state index in [9.17, 15) is 39.7 Å². The fraction of sp³-hybridized carbons (Fsp3) is 0.273. The van der Waals surface area contributed by atoms with Gasteiger partial charge in [0.25, 0.3) is 11.8 Å². The molecule has 4 amide bonds. The molecule has 60 heavy (non-hydrogen) atoms. The summed E-state index contributed by atoms with van der Waals surface area (Å²) in [6.07, 6.45) is 5.47. The fourth-order valence-corrected chi connectivity index (χ4v) is 9.71. The Bertz CT molecular complexity index is 2520. The van der Waals surface area contributed by atoms with E-state index in [0.29, 0.717) is 22.4 Å². The number of nitrogens with zero attached hydrogens (tertiary/aromatic N) is 5. The van der Waals surface area contributed by atoms with Gasteiger partial charge in [-0.2, -0.15) is 5.01 Å². The number of amides is 4. The number of methoxy groups -OCH3 is 1. The molecule has 2 N–H and O–H groups in total. The molecule has 16 heteroatoms. The minimum Gasteiger partial charge on any atom is -0.504 e. The van der Waals surface area contributed by atoms with Gasteiger partial charge in [0, 0.05) is 32.1 Å². The number of nitro groups is 2. The number of fused-ring (bicyclic) bond motifs is 4. The predicted molar refractivity (Wildman–Crippen MR) is 220 cm³/mol. The van der Waals surface area contributed by atoms with Crippen molar-refractivity contribution in [1.29, 1.82) is 0 Å². The number of phenols is 1. The second-order valence-corrected chi connectivity index (χ2v) is 15.7. The van der Waals surface area contributed by atoms with Crippen molar-refractivity contribution in [3.8, 4) is 11.5 Å². The van der Waals surface area contributed by atoms with Crippen molar-refractivity contribution in [2.45, 2.75) is 25.2 Å². The predicted octanol–water partition coefficient (Wildman–Crippen LogP) is 6.33. The molecule has 4 aliphatic rings. The molecule has 2 aliphatic carbocycles. The standard InChI is InChI=1S/C44H40N6O10/c1-24-10-14-27(15-11-24)45-48-41(53)33-23-31-29(32(18-12-25-13-19-36(51)37(20-25)60-4)44(33,43(48)55)26-8-6-5-7-9-26)16-17-30-38(31)42(54)47(40(30)52)28-21-34(49(56)57)39(46(2)3)35(22-28)50(58)59/h5-16,18-22,30-33,38,45,51H,17,23H2,1-4H3/t30-,31+,32-,33-,38-,44-/m0/s1. The van der Waals surface area contributed by atoms with Crippen molar-refractivity contribution in [3.05, 3.63) is 140 Å². The van der Waals surface area contributed by atoms with Gasteiger partial charge in [0.2, 0.25) is 11.8 Å². The normalized spacial score (nSPS) is 24.5. The second-order valence-electron chi connectivity index (χ2n) is 15.7. The maximum Gasteiger partial charge on any atom is 0.301 e. The molecule has 2 aliphatic heterocycles. The summed E-state index contributed by atoms with van der Waals surface area (Å²) in [5.74, 6) is -7.00. The van der Waals surface area contributed by atoms with Gasteiger partial charge in [-0.15, -0.1) is 0 Å². The number of ether oxygens (including phenoxy) is 1. The van der Waals surface area contributed by atoms with E-state index in [2.05, 4.69) is 5.43 Å². The van der Waals surface area contributed by atoms with Gasteiger partial charge in [-0.3, -0.25) is 44.8 Å². The third-order valence-corrected chi connectivity index (χ3v) is 12.3. The highest BCUT2D eigenvalue weighted by Crippen LogP contribution is 2.62. The molecule has 2 heterocycles. The van der Waals surface area contributed by atoms with Gasteiger partial charge in [0.05, 0.1) is 51.5 Å². The number of carbonyl (C=O) groups excluding carboxylic acids is 4. The Morgan fingerprint density at radius 1 is 0.883 bits per heavy atom. The van der Waals surface area contributed by atoms with Crippen molar-refractivity contribution in [2.24, 2.45) is 29.6 Å². The number of allylic oxidation sites excluding steroid dienone is 3. The molecule has 0 spiro atoms. The monoisotopic (exact) mass is 812 g/mol. The lowest BCUT2D eigenvalue weighted by molar-refractivity contribution is -0.392. The van der Waals surface area contributed by atoms with E-state index >= 15 is 4.79 Å². The molecular formula is C44H40N6O10. The van der Waals surface area contributed by atoms with Crippen molar-refractivity contribution in [2.75, 3.05) is 36.4 Å². The molecule has 3 fully saturated rings. The number of anilines is 3. The number of nitrogens with one attached hydrogen (secondary N) is 1. The van der Waals surface area contributed by atoms with Gasteiger partial charge in [-0.05, 0) is 61.1 Å². The first-order chi connectivity index (χ1) is 28.7. The SMILES string of the molecule is COc1cc(C=C[C@H]2C3=CC[C@@H]4C(=O)N(c5cc([N+](=O)[O-])c(N(C)C)c([N+](=O)[O-])c5)C(=O)[C@@H]4[C@@H]3C[C@H]3C(=O)N(Nc4ccc(C)cc4)C(=O)[C@@]23c2ccccc2)ccc1O. The molecule has 306 valence electrons. The average Bonchev–Trinajstić information content (AvgIpc) is 3.61. The lowest BCUT2D eigenvalue weighted by Crippen LogP contribution is -2.54. The van der Waals surface area contributed by atoms with Crippen molar-refractivity contribution >= 4 is 58.1 Å². The quantitative estimate of drug-likeness (QED) is 0.0781. The first-order valence-corrected chi connectivity index (χ1v) is 19.2. The Kier molecular flexibility index (Phi) is 9.72. The van der Waals surface area contributed by atoms with Crippen LogP contribution < -0.4 is 20.0 Å². The van der Waals surface area contributed by atoms with Crippen molar-refractivity contribution in [3.63, 3.8) is 0 Å². The van der Waals surface area contributed by atoms with Crippen LogP contribution in [-0.4, -0.2) is 64.8 Å². The summed E-state index contributed by atoms with van der Waals surface area (Å²) >= 11 is 0. The van der Waals surface area contributed by atoms with Crippen LogP contribution in [0.4, 0.5) is 28.4 Å². The minimum atomic E-state index is -1.53. The topological polar surface area (TPSA) is 206 Å². The van der Waals surface area contributed by atoms with Crippen molar-refractivity contribution in [1.82, 2.24) is 5.01 Å². The summed E-state index contributed by atoms with van der Waals surface area (Å²) < 4.78 is 5.35. The van der Waals surface area contributed by atoms with Crippen LogP contribution in [0.25, 0.3) is 6.08 Å². The molecule has 0 radical (unpaired) electrons. The van der Waals surface area contributed by atoms with Crippen LogP contribution in [0.3, 0.4) is 0 Å². The number of benzene rings is 4. The van der Waals surface area contributed by atoms with E-state index in [0.717, 1.165) is 27.6 Å². The number of aryl methyl sites for hydroxylation is 1. The third-order valence-electron chi connectivity index (χ3n) is 12.3. The van der Waals surface area contributed by atoms with Crippen LogP contribution in [0.15, 0.2) is 103 Å². The Labute approximate surface area is 343 Å². The van der Waals surface area contributed by atoms with Crippen molar-refractivity contribution < 1.29 is 38.9 Å². The zero-order chi connectivity index (χ0) is 42.8. The molecule has 6 atom stereocenters. The Hall–Kier alpha value is -7.36. The number of phenolic OH excluding ortho intramolecular Hbond substituents is 1. The Morgan fingerprint density at radius 3 is 2.17 bits per heavy atom. The lowest BCUT2D eigenvalue weighted by Gasteiger charge is -2.49. The molecule has 0 aromatic heterocycles. The van der Waals surface area contributed by atoms with Gasteiger partial charge in [-0.1, -0.05) is 77.9 Å². The van der Waals surface area contributed by atoms with Gasteiger partial charge in [0.1, 0.15) is 0 Å². The van der Waals surface area contributed by atoms with Crippen LogP contribution in [-0.2, 0) is 24.6 Å². The maximum atomic E-state index is 15.3. The number of imide groups is 2. The summed E-state index contributed by atoms with van der Waals surface area (Å²) in [5, 5.41) is 35.9. The van der Waals surface area contributed by atoms with E-state index in [4.69, 9.17) is 4.74 Å². The highest BCUT2D eigenvalue weighted by molar-refractivity contribution is 6.23. The summed E-state index contributed by atoms with van der Waals surface area (Å²) in [7, 11) is 4.25. The largest absolute Gasteiger partial charge is 0.504 e. The zero-order valence-electron chi connectivity index (χ0n) is 33.0. The highest BCUT2D eigenvalue weighted by atomic mass is 16.6. The molecule has 1 saturated carbocycles. The van der Waals surface area contributed by atoms with Gasteiger partial charge in [0.15, 0.2) is 17.2 Å². The molecule has 2 saturated heterocycles. The molecule has 8 rings (SSSR count). The summed E-state index contributed by atoms with van der Waals surface area (Å²) in [4.78, 5) is 84.3. The molecule has 4 aromatic rings. The number of rotatable bonds is 10. The first-order valence-electron chi connectivity index (χ1n) is 19.2. The lowest BCUT2D eigenvalue weighted by atomic mass is 9.50. The van der Waals surface area contributed by atoms with Crippen LogP contribution in [0, 0.1) is 56.7 Å². The second kappa shape index (κ2) is 14.8. The number of hydrogen-bond donors (Lipinski definition) is 2. The van der Waals surface area contributed by atoms with E-state index in [1.165, 1.54) is 32.2 Å². The number of nitro benzene ring substituents is 2. The molecule has 0 unspecified atom stereocenters. The van der Waals surface area contributed by atoms with E-state index in [1.807, 2.05) is 31.2 Å². The molecule has 4 aromatic carbocycles. The van der Waals surface area contributed by atoms with E-state index in [1.54, 1.807) is 60.7 Å². The van der Waals surface area contributed by atoms with Crippen LogP contribution in [0.1, 0.15) is 29.5 Å². The average molecular weight is 813 g/mol. The van der Waals surface area contributed by atoms with E-state index in [-0.39, 0.29) is 35.7 Å². The maximum absolute atomic E-state index is 15.3. The third kappa shape index (κ3) is 6.05. The molecule has 0 bridgehead atoms. The van der Waals surface area contributed by atoms with E-state index < -0.39 is 79.9 Å². The van der Waals surface area contributed by atoms with Gasteiger partial charge in [-0.25, -0.2) is 4.90 Å². The first kappa shape index (κ1) is 39.5. The van der Waals surface area contributed by atoms with Crippen LogP contribution in [0.5, 0.6) is 11.5 Å². The Balaban J connectivity index is 1.28. The number of hydrazine groups is 1. The van der Waals surface area contributed by atoms with Crippen LogP contribution in [0.2, 0.25) is 0 Å².